The van der Waals surface area contributed by atoms with E-state index < -0.39 is 0 Å². The third-order valence-corrected chi connectivity index (χ3v) is 4.37. The standard InChI is InChI=1S/C15H22N4O/c1-11-8-12(2-3-14(11)15(16)20)19-9-13(10-19)18-6-4-17-5-7-18/h2-3,8,13,17H,4-7,9-10H2,1H3,(H2,16,20). The van der Waals surface area contributed by atoms with Crippen LogP contribution in [0.2, 0.25) is 0 Å². The van der Waals surface area contributed by atoms with Crippen LogP contribution in [0.15, 0.2) is 18.2 Å². The number of carbonyl (C=O) groups excluding carboxylic acids is 1. The summed E-state index contributed by atoms with van der Waals surface area (Å²) >= 11 is 0. The summed E-state index contributed by atoms with van der Waals surface area (Å²) in [6, 6.07) is 6.58. The lowest BCUT2D eigenvalue weighted by Gasteiger charge is -2.48. The Morgan fingerprint density at radius 2 is 2.00 bits per heavy atom. The molecule has 1 aromatic carbocycles. The second-order valence-corrected chi connectivity index (χ2v) is 5.71. The third kappa shape index (κ3) is 2.51. The van der Waals surface area contributed by atoms with Gasteiger partial charge >= 0.3 is 0 Å². The number of aryl methyl sites for hydroxylation is 1. The van der Waals surface area contributed by atoms with Gasteiger partial charge in [0.15, 0.2) is 0 Å². The van der Waals surface area contributed by atoms with Crippen molar-refractivity contribution in [1.29, 1.82) is 0 Å². The Balaban J connectivity index is 1.62. The second kappa shape index (κ2) is 5.42. The Hall–Kier alpha value is -1.59. The summed E-state index contributed by atoms with van der Waals surface area (Å²) in [7, 11) is 0. The van der Waals surface area contributed by atoms with Crippen molar-refractivity contribution >= 4 is 11.6 Å². The molecular weight excluding hydrogens is 252 g/mol. The summed E-state index contributed by atoms with van der Waals surface area (Å²) in [5, 5.41) is 3.39. The highest BCUT2D eigenvalue weighted by molar-refractivity contribution is 5.94. The number of benzene rings is 1. The minimum absolute atomic E-state index is 0.351. The molecule has 2 aliphatic rings. The van der Waals surface area contributed by atoms with Crippen molar-refractivity contribution in [2.45, 2.75) is 13.0 Å². The number of hydrogen-bond acceptors (Lipinski definition) is 4. The Morgan fingerprint density at radius 3 is 2.60 bits per heavy atom. The molecule has 2 saturated heterocycles. The fraction of sp³-hybridized carbons (Fsp3) is 0.533. The number of anilines is 1. The molecule has 5 heteroatoms. The van der Waals surface area contributed by atoms with E-state index in [2.05, 4.69) is 21.2 Å². The molecule has 5 nitrogen and oxygen atoms in total. The minimum atomic E-state index is -0.351. The lowest BCUT2D eigenvalue weighted by molar-refractivity contribution is 0.0999. The van der Waals surface area contributed by atoms with E-state index in [-0.39, 0.29) is 5.91 Å². The number of nitrogens with two attached hydrogens (primary N) is 1. The van der Waals surface area contributed by atoms with Crippen LogP contribution in [0, 0.1) is 6.92 Å². The van der Waals surface area contributed by atoms with Crippen LogP contribution < -0.4 is 16.0 Å². The van der Waals surface area contributed by atoms with Gasteiger partial charge < -0.3 is 16.0 Å². The Kier molecular flexibility index (Phi) is 3.63. The van der Waals surface area contributed by atoms with Crippen LogP contribution in [-0.4, -0.2) is 56.1 Å². The van der Waals surface area contributed by atoms with Gasteiger partial charge in [0.1, 0.15) is 0 Å². The molecule has 3 N–H and O–H groups in total. The molecule has 0 bridgehead atoms. The van der Waals surface area contributed by atoms with Crippen molar-refractivity contribution in [2.75, 3.05) is 44.2 Å². The van der Waals surface area contributed by atoms with Crippen molar-refractivity contribution in [3.05, 3.63) is 29.3 Å². The van der Waals surface area contributed by atoms with Crippen molar-refractivity contribution < 1.29 is 4.79 Å². The molecule has 0 atom stereocenters. The monoisotopic (exact) mass is 274 g/mol. The van der Waals surface area contributed by atoms with Gasteiger partial charge in [-0.2, -0.15) is 0 Å². The summed E-state index contributed by atoms with van der Waals surface area (Å²) in [5.74, 6) is -0.351. The van der Waals surface area contributed by atoms with E-state index in [1.165, 1.54) is 5.69 Å². The van der Waals surface area contributed by atoms with E-state index in [4.69, 9.17) is 5.73 Å². The first-order valence-corrected chi connectivity index (χ1v) is 7.25. The molecule has 1 amide bonds. The van der Waals surface area contributed by atoms with Crippen LogP contribution >= 0.6 is 0 Å². The largest absolute Gasteiger partial charge is 0.368 e. The predicted molar refractivity (Wildman–Crippen MR) is 80.1 cm³/mol. The summed E-state index contributed by atoms with van der Waals surface area (Å²) in [5.41, 5.74) is 8.11. The van der Waals surface area contributed by atoms with E-state index in [0.717, 1.165) is 44.8 Å². The van der Waals surface area contributed by atoms with Crippen molar-refractivity contribution in [2.24, 2.45) is 5.73 Å². The molecule has 108 valence electrons. The van der Waals surface area contributed by atoms with Gasteiger partial charge in [-0.15, -0.1) is 0 Å². The first kappa shape index (κ1) is 13.4. The maximum absolute atomic E-state index is 11.2. The predicted octanol–water partition coefficient (Wildman–Crippen LogP) is 0.188. The van der Waals surface area contributed by atoms with Gasteiger partial charge in [0.25, 0.3) is 0 Å². The van der Waals surface area contributed by atoms with Gasteiger partial charge in [-0.1, -0.05) is 0 Å². The van der Waals surface area contributed by atoms with Crippen molar-refractivity contribution in [3.8, 4) is 0 Å². The summed E-state index contributed by atoms with van der Waals surface area (Å²) in [4.78, 5) is 16.2. The van der Waals surface area contributed by atoms with Crippen LogP contribution in [0.3, 0.4) is 0 Å². The molecule has 0 aromatic heterocycles. The molecule has 3 rings (SSSR count). The fourth-order valence-corrected chi connectivity index (χ4v) is 3.07. The normalized spacial score (nSPS) is 20.8. The van der Waals surface area contributed by atoms with Gasteiger partial charge in [-0.3, -0.25) is 9.69 Å². The molecule has 0 spiro atoms. The van der Waals surface area contributed by atoms with Crippen LogP contribution in [-0.2, 0) is 0 Å². The van der Waals surface area contributed by atoms with Gasteiger partial charge in [-0.05, 0) is 30.7 Å². The van der Waals surface area contributed by atoms with E-state index >= 15 is 0 Å². The highest BCUT2D eigenvalue weighted by Gasteiger charge is 2.32. The van der Waals surface area contributed by atoms with E-state index in [1.807, 2.05) is 19.1 Å². The third-order valence-electron chi connectivity index (χ3n) is 4.37. The highest BCUT2D eigenvalue weighted by Crippen LogP contribution is 2.26. The lowest BCUT2D eigenvalue weighted by Crippen LogP contribution is -2.62. The fourth-order valence-electron chi connectivity index (χ4n) is 3.07. The topological polar surface area (TPSA) is 61.6 Å². The maximum atomic E-state index is 11.2. The van der Waals surface area contributed by atoms with Gasteiger partial charge in [-0.25, -0.2) is 0 Å². The van der Waals surface area contributed by atoms with Crippen molar-refractivity contribution in [3.63, 3.8) is 0 Å². The molecule has 20 heavy (non-hydrogen) atoms. The average Bonchev–Trinajstić information content (AvgIpc) is 2.38. The Bertz CT molecular complexity index is 505. The number of nitrogens with one attached hydrogen (secondary N) is 1. The summed E-state index contributed by atoms with van der Waals surface area (Å²) < 4.78 is 0. The maximum Gasteiger partial charge on any atom is 0.248 e. The Morgan fingerprint density at radius 1 is 1.30 bits per heavy atom. The van der Waals surface area contributed by atoms with E-state index in [1.54, 1.807) is 0 Å². The number of primary amides is 1. The average molecular weight is 274 g/mol. The summed E-state index contributed by atoms with van der Waals surface area (Å²) in [6.07, 6.45) is 0. The number of piperazine rings is 1. The van der Waals surface area contributed by atoms with Crippen LogP contribution in [0.5, 0.6) is 0 Å². The number of hydrogen-bond donors (Lipinski definition) is 2. The zero-order valence-electron chi connectivity index (χ0n) is 11.9. The number of nitrogens with zero attached hydrogens (tertiary/aromatic N) is 2. The van der Waals surface area contributed by atoms with E-state index in [0.29, 0.717) is 11.6 Å². The molecule has 2 fully saturated rings. The van der Waals surface area contributed by atoms with E-state index in [9.17, 15) is 4.79 Å². The highest BCUT2D eigenvalue weighted by atomic mass is 16.1. The van der Waals surface area contributed by atoms with Crippen LogP contribution in [0.25, 0.3) is 0 Å². The molecule has 1 aromatic rings. The molecule has 2 aliphatic heterocycles. The van der Waals surface area contributed by atoms with Crippen LogP contribution in [0.4, 0.5) is 5.69 Å². The molecule has 0 aliphatic carbocycles. The summed E-state index contributed by atoms with van der Waals surface area (Å²) in [6.45, 7) is 8.60. The molecule has 0 radical (unpaired) electrons. The molecule has 0 unspecified atom stereocenters. The smallest absolute Gasteiger partial charge is 0.248 e. The second-order valence-electron chi connectivity index (χ2n) is 5.71. The molecule has 0 saturated carbocycles. The molecular formula is C15H22N4O. The van der Waals surface area contributed by atoms with Crippen molar-refractivity contribution in [1.82, 2.24) is 10.2 Å². The van der Waals surface area contributed by atoms with Gasteiger partial charge in [0.05, 0.1) is 0 Å². The quantitative estimate of drug-likeness (QED) is 0.826. The number of carbonyl (C=O) groups is 1. The lowest BCUT2D eigenvalue weighted by atomic mass is 10.0. The van der Waals surface area contributed by atoms with Crippen LogP contribution in [0.1, 0.15) is 15.9 Å². The minimum Gasteiger partial charge on any atom is -0.368 e. The number of amides is 1. The van der Waals surface area contributed by atoms with Gasteiger partial charge in [0, 0.05) is 56.6 Å². The molecule has 2 heterocycles. The van der Waals surface area contributed by atoms with Gasteiger partial charge in [0.2, 0.25) is 5.91 Å². The first-order chi connectivity index (χ1) is 9.65. The SMILES string of the molecule is Cc1cc(N2CC(N3CCNCC3)C2)ccc1C(N)=O. The zero-order chi connectivity index (χ0) is 14.1. The first-order valence-electron chi connectivity index (χ1n) is 7.25. The number of rotatable bonds is 3. The zero-order valence-corrected chi connectivity index (χ0v) is 11.9. The Labute approximate surface area is 119 Å².